The van der Waals surface area contributed by atoms with E-state index in [1.807, 2.05) is 6.07 Å². The molecule has 82 valence electrons. The van der Waals surface area contributed by atoms with E-state index >= 15 is 0 Å². The van der Waals surface area contributed by atoms with Gasteiger partial charge in [-0.05, 0) is 41.3 Å². The van der Waals surface area contributed by atoms with Gasteiger partial charge in [-0.3, -0.25) is 0 Å². The maximum absolute atomic E-state index is 5.82. The minimum absolute atomic E-state index is 0.0450. The van der Waals surface area contributed by atoms with Gasteiger partial charge in [0.15, 0.2) is 0 Å². The maximum atomic E-state index is 5.82. The molecule has 1 aliphatic carbocycles. The number of nitrogens with two attached hydrogens (primary N) is 1. The van der Waals surface area contributed by atoms with Crippen molar-refractivity contribution in [1.82, 2.24) is 4.98 Å². The van der Waals surface area contributed by atoms with E-state index in [4.69, 9.17) is 17.3 Å². The number of aromatic nitrogens is 1. The lowest BCUT2D eigenvalue weighted by atomic mass is 9.77. The summed E-state index contributed by atoms with van der Waals surface area (Å²) in [6.45, 7) is 0.643. The zero-order valence-electron chi connectivity index (χ0n) is 8.26. The Morgan fingerprint density at radius 3 is 2.80 bits per heavy atom. The molecular formula is C10H13BrClN3. The predicted molar refractivity (Wildman–Crippen MR) is 66.2 cm³/mol. The largest absolute Gasteiger partial charge is 0.362 e. The van der Waals surface area contributed by atoms with Gasteiger partial charge in [-0.15, -0.1) is 0 Å². The van der Waals surface area contributed by atoms with Crippen LogP contribution >= 0.6 is 27.5 Å². The lowest BCUT2D eigenvalue weighted by molar-refractivity contribution is 0.286. The molecule has 0 amide bonds. The summed E-state index contributed by atoms with van der Waals surface area (Å²) in [4.78, 5) is 4.25. The second kappa shape index (κ2) is 4.28. The third-order valence-corrected chi connectivity index (χ3v) is 3.70. The van der Waals surface area contributed by atoms with E-state index in [9.17, 15) is 0 Å². The average Bonchev–Trinajstić information content (AvgIpc) is 2.14. The van der Waals surface area contributed by atoms with Crippen LogP contribution in [0.15, 0.2) is 16.7 Å². The van der Waals surface area contributed by atoms with E-state index in [1.165, 1.54) is 6.42 Å². The van der Waals surface area contributed by atoms with E-state index in [2.05, 4.69) is 26.2 Å². The molecule has 0 spiro atoms. The number of nitrogens with one attached hydrogen (secondary N) is 1. The molecule has 0 unspecified atom stereocenters. The third kappa shape index (κ3) is 2.27. The van der Waals surface area contributed by atoms with Gasteiger partial charge in [-0.25, -0.2) is 4.98 Å². The fourth-order valence-electron chi connectivity index (χ4n) is 1.74. The van der Waals surface area contributed by atoms with Crippen LogP contribution < -0.4 is 11.1 Å². The fourth-order valence-corrected chi connectivity index (χ4v) is 2.48. The van der Waals surface area contributed by atoms with E-state index < -0.39 is 0 Å². The number of anilines is 1. The van der Waals surface area contributed by atoms with E-state index in [1.54, 1.807) is 6.20 Å². The number of halogens is 2. The van der Waals surface area contributed by atoms with Crippen LogP contribution in [-0.4, -0.2) is 17.1 Å². The van der Waals surface area contributed by atoms with Gasteiger partial charge in [0.05, 0.1) is 15.0 Å². The Morgan fingerprint density at radius 2 is 2.33 bits per heavy atom. The zero-order valence-corrected chi connectivity index (χ0v) is 10.6. The summed E-state index contributed by atoms with van der Waals surface area (Å²) >= 11 is 9.26. The molecule has 0 bridgehead atoms. The summed E-state index contributed by atoms with van der Waals surface area (Å²) in [5.74, 6) is 0.824. The Hall–Kier alpha value is -0.320. The number of pyridine rings is 1. The molecule has 2 rings (SSSR count). The summed E-state index contributed by atoms with van der Waals surface area (Å²) in [5.41, 5.74) is 5.81. The van der Waals surface area contributed by atoms with Crippen molar-refractivity contribution < 1.29 is 0 Å². The summed E-state index contributed by atoms with van der Waals surface area (Å²) in [7, 11) is 0. The second-order valence-electron chi connectivity index (χ2n) is 3.95. The van der Waals surface area contributed by atoms with Crippen molar-refractivity contribution in [3.05, 3.63) is 21.8 Å². The number of hydrogen-bond acceptors (Lipinski definition) is 3. The van der Waals surface area contributed by atoms with Crippen molar-refractivity contribution in [1.29, 1.82) is 0 Å². The van der Waals surface area contributed by atoms with E-state index in [0.717, 1.165) is 23.1 Å². The van der Waals surface area contributed by atoms with Crippen LogP contribution in [-0.2, 0) is 0 Å². The maximum Gasteiger partial charge on any atom is 0.140 e. The van der Waals surface area contributed by atoms with Crippen LogP contribution in [0.25, 0.3) is 0 Å². The van der Waals surface area contributed by atoms with Crippen molar-refractivity contribution in [2.45, 2.75) is 24.8 Å². The van der Waals surface area contributed by atoms with Crippen LogP contribution in [0.2, 0.25) is 5.02 Å². The molecule has 1 fully saturated rings. The molecule has 5 heteroatoms. The summed E-state index contributed by atoms with van der Waals surface area (Å²) in [6.07, 6.45) is 5.09. The molecule has 1 aromatic rings. The Labute approximate surface area is 103 Å². The molecular weight excluding hydrogens is 277 g/mol. The van der Waals surface area contributed by atoms with Crippen LogP contribution in [0.3, 0.4) is 0 Å². The lowest BCUT2D eigenvalue weighted by Gasteiger charge is -2.42. The highest BCUT2D eigenvalue weighted by molar-refractivity contribution is 9.10. The van der Waals surface area contributed by atoms with Gasteiger partial charge < -0.3 is 11.1 Å². The van der Waals surface area contributed by atoms with Gasteiger partial charge in [0.2, 0.25) is 0 Å². The monoisotopic (exact) mass is 289 g/mol. The topological polar surface area (TPSA) is 50.9 Å². The molecule has 1 saturated carbocycles. The van der Waals surface area contributed by atoms with E-state index in [0.29, 0.717) is 11.6 Å². The first-order chi connectivity index (χ1) is 7.15. The van der Waals surface area contributed by atoms with Crippen molar-refractivity contribution in [3.63, 3.8) is 0 Å². The number of rotatable bonds is 3. The molecule has 0 aromatic carbocycles. The Bertz CT molecular complexity index is 360. The molecule has 1 aliphatic rings. The summed E-state index contributed by atoms with van der Waals surface area (Å²) in [5, 5.41) is 4.02. The molecule has 1 heterocycles. The molecule has 0 saturated heterocycles. The van der Waals surface area contributed by atoms with Gasteiger partial charge in [0, 0.05) is 12.7 Å². The number of nitrogens with zero attached hydrogens (tertiary/aromatic N) is 1. The van der Waals surface area contributed by atoms with Crippen LogP contribution in [0.1, 0.15) is 19.3 Å². The highest BCUT2D eigenvalue weighted by Crippen LogP contribution is 2.36. The number of hydrogen-bond donors (Lipinski definition) is 2. The van der Waals surface area contributed by atoms with Crippen molar-refractivity contribution in [2.24, 2.45) is 5.73 Å². The molecule has 3 N–H and O–H groups in total. The molecule has 3 nitrogen and oxygen atoms in total. The highest BCUT2D eigenvalue weighted by atomic mass is 79.9. The van der Waals surface area contributed by atoms with E-state index in [-0.39, 0.29) is 5.54 Å². The van der Waals surface area contributed by atoms with Gasteiger partial charge >= 0.3 is 0 Å². The van der Waals surface area contributed by atoms with Crippen molar-refractivity contribution in [3.8, 4) is 0 Å². The summed E-state index contributed by atoms with van der Waals surface area (Å²) < 4.78 is 0.884. The fraction of sp³-hybridized carbons (Fsp3) is 0.500. The Morgan fingerprint density at radius 1 is 1.60 bits per heavy atom. The van der Waals surface area contributed by atoms with Gasteiger partial charge in [0.25, 0.3) is 0 Å². The van der Waals surface area contributed by atoms with Gasteiger partial charge in [-0.2, -0.15) is 0 Å². The smallest absolute Gasteiger partial charge is 0.140 e. The van der Waals surface area contributed by atoms with Crippen molar-refractivity contribution >= 4 is 33.3 Å². The third-order valence-electron chi connectivity index (χ3n) is 2.89. The molecule has 1 aromatic heterocycles. The first kappa shape index (κ1) is 11.2. The molecule has 0 aliphatic heterocycles. The second-order valence-corrected chi connectivity index (χ2v) is 5.24. The standard InChI is InChI=1S/C10H13BrClN3/c11-8-4-7(12)5-14-9(8)15-10(6-13)2-1-3-10/h4-5H,1-3,6,13H2,(H,14,15). The van der Waals surface area contributed by atoms with Gasteiger partial charge in [0.1, 0.15) is 5.82 Å². The predicted octanol–water partition coefficient (Wildman–Crippen LogP) is 2.79. The highest BCUT2D eigenvalue weighted by Gasteiger charge is 2.36. The first-order valence-corrected chi connectivity index (χ1v) is 6.12. The Balaban J connectivity index is 2.16. The van der Waals surface area contributed by atoms with Crippen LogP contribution in [0.5, 0.6) is 0 Å². The molecule has 0 atom stereocenters. The quantitative estimate of drug-likeness (QED) is 0.900. The van der Waals surface area contributed by atoms with Gasteiger partial charge in [-0.1, -0.05) is 11.6 Å². The van der Waals surface area contributed by atoms with Crippen LogP contribution in [0, 0.1) is 0 Å². The minimum Gasteiger partial charge on any atom is -0.362 e. The first-order valence-electron chi connectivity index (χ1n) is 4.94. The summed E-state index contributed by atoms with van der Waals surface area (Å²) in [6, 6.07) is 1.83. The molecule has 0 radical (unpaired) electrons. The molecule has 15 heavy (non-hydrogen) atoms. The Kier molecular flexibility index (Phi) is 3.19. The zero-order chi connectivity index (χ0) is 10.9. The SMILES string of the molecule is NCC1(Nc2ncc(Cl)cc2Br)CCC1. The van der Waals surface area contributed by atoms with Crippen molar-refractivity contribution in [2.75, 3.05) is 11.9 Å². The minimum atomic E-state index is 0.0450. The van der Waals surface area contributed by atoms with Crippen LogP contribution in [0.4, 0.5) is 5.82 Å². The normalized spacial score (nSPS) is 18.3. The lowest BCUT2D eigenvalue weighted by Crippen LogP contribution is -2.51. The average molecular weight is 291 g/mol.